The Hall–Kier alpha value is -2.10. The molecule has 166 valence electrons. The number of hydrogen-bond donors (Lipinski definition) is 0. The number of halogens is 1. The molecule has 4 heteroatoms. The summed E-state index contributed by atoms with van der Waals surface area (Å²) in [6, 6.07) is 11.8. The number of ether oxygens (including phenoxy) is 2. The Morgan fingerprint density at radius 3 is 2.10 bits per heavy atom. The first-order valence-electron chi connectivity index (χ1n) is 11.7. The van der Waals surface area contributed by atoms with Crippen molar-refractivity contribution >= 4 is 0 Å². The summed E-state index contributed by atoms with van der Waals surface area (Å²) in [6.45, 7) is 5.25. The summed E-state index contributed by atoms with van der Waals surface area (Å²) in [5.41, 5.74) is 1.89. The maximum atomic E-state index is 14.0. The number of benzene rings is 1. The minimum Gasteiger partial charge on any atom is -0.494 e. The Morgan fingerprint density at radius 1 is 0.767 bits per heavy atom. The standard InChI is InChI=1S/C26H38FNO2/c1-3-5-7-9-10-12-23(27)21-30-25-17-18-26(28-20-25)22-13-15-24(16-14-22)29-19-11-8-6-4-2/h13-18,20,23H,3-12,19,21H2,1-2H3. The summed E-state index contributed by atoms with van der Waals surface area (Å²) in [4.78, 5) is 4.46. The van der Waals surface area contributed by atoms with E-state index in [2.05, 4.69) is 18.8 Å². The van der Waals surface area contributed by atoms with Crippen LogP contribution in [0.2, 0.25) is 0 Å². The predicted molar refractivity (Wildman–Crippen MR) is 123 cm³/mol. The lowest BCUT2D eigenvalue weighted by Gasteiger charge is -2.11. The number of rotatable bonds is 16. The van der Waals surface area contributed by atoms with Crippen LogP contribution < -0.4 is 9.47 Å². The fourth-order valence-electron chi connectivity index (χ4n) is 3.32. The van der Waals surface area contributed by atoms with Crippen molar-refractivity contribution in [1.82, 2.24) is 4.98 Å². The lowest BCUT2D eigenvalue weighted by molar-refractivity contribution is 0.183. The van der Waals surface area contributed by atoms with Gasteiger partial charge in [0.1, 0.15) is 24.3 Å². The summed E-state index contributed by atoms with van der Waals surface area (Å²) >= 11 is 0. The molecule has 0 N–H and O–H groups in total. The third-order valence-corrected chi connectivity index (χ3v) is 5.20. The first kappa shape index (κ1) is 24.2. The number of hydrogen-bond acceptors (Lipinski definition) is 3. The van der Waals surface area contributed by atoms with E-state index in [1.807, 2.05) is 36.4 Å². The molecule has 0 fully saturated rings. The summed E-state index contributed by atoms with van der Waals surface area (Å²) in [5.74, 6) is 1.50. The van der Waals surface area contributed by atoms with Crippen molar-refractivity contribution in [3.8, 4) is 22.8 Å². The zero-order valence-electron chi connectivity index (χ0n) is 18.7. The van der Waals surface area contributed by atoms with Gasteiger partial charge in [0.25, 0.3) is 0 Å². The van der Waals surface area contributed by atoms with Gasteiger partial charge in [0.2, 0.25) is 0 Å². The maximum Gasteiger partial charge on any atom is 0.137 e. The van der Waals surface area contributed by atoms with Crippen LogP contribution in [0.5, 0.6) is 11.5 Å². The van der Waals surface area contributed by atoms with Crippen molar-refractivity contribution in [3.05, 3.63) is 42.6 Å². The first-order chi connectivity index (χ1) is 14.7. The van der Waals surface area contributed by atoms with Gasteiger partial charge >= 0.3 is 0 Å². The van der Waals surface area contributed by atoms with Crippen LogP contribution >= 0.6 is 0 Å². The largest absolute Gasteiger partial charge is 0.494 e. The SMILES string of the molecule is CCCCCCCC(F)COc1ccc(-c2ccc(OCCCCCC)cc2)nc1. The van der Waals surface area contributed by atoms with Crippen LogP contribution in [0.1, 0.15) is 78.1 Å². The molecule has 1 unspecified atom stereocenters. The van der Waals surface area contributed by atoms with Gasteiger partial charge in [-0.1, -0.05) is 65.2 Å². The zero-order valence-corrected chi connectivity index (χ0v) is 18.7. The highest BCUT2D eigenvalue weighted by atomic mass is 19.1. The fourth-order valence-corrected chi connectivity index (χ4v) is 3.32. The summed E-state index contributed by atoms with van der Waals surface area (Å²) < 4.78 is 25.3. The quantitative estimate of drug-likeness (QED) is 0.262. The minimum absolute atomic E-state index is 0.0963. The average Bonchev–Trinajstić information content (AvgIpc) is 2.78. The van der Waals surface area contributed by atoms with E-state index in [0.29, 0.717) is 12.2 Å². The molecule has 1 aromatic heterocycles. The topological polar surface area (TPSA) is 31.4 Å². The second-order valence-corrected chi connectivity index (χ2v) is 7.92. The van der Waals surface area contributed by atoms with Crippen molar-refractivity contribution in [2.24, 2.45) is 0 Å². The molecule has 0 aliphatic carbocycles. The Morgan fingerprint density at radius 2 is 1.43 bits per heavy atom. The lowest BCUT2D eigenvalue weighted by atomic mass is 10.1. The van der Waals surface area contributed by atoms with Gasteiger partial charge in [0.05, 0.1) is 18.5 Å². The summed E-state index contributed by atoms with van der Waals surface area (Å²) in [7, 11) is 0. The van der Waals surface area contributed by atoms with E-state index in [4.69, 9.17) is 9.47 Å². The Balaban J connectivity index is 1.71. The van der Waals surface area contributed by atoms with Crippen LogP contribution in [-0.2, 0) is 0 Å². The van der Waals surface area contributed by atoms with E-state index in [0.717, 1.165) is 42.9 Å². The minimum atomic E-state index is -0.916. The van der Waals surface area contributed by atoms with E-state index < -0.39 is 6.17 Å². The van der Waals surface area contributed by atoms with Gasteiger partial charge in [0.15, 0.2) is 0 Å². The molecular formula is C26H38FNO2. The smallest absolute Gasteiger partial charge is 0.137 e. The highest BCUT2D eigenvalue weighted by Crippen LogP contribution is 2.23. The number of alkyl halides is 1. The maximum absolute atomic E-state index is 14.0. The fraction of sp³-hybridized carbons (Fsp3) is 0.577. The predicted octanol–water partition coefficient (Wildman–Crippen LogP) is 7.79. The number of aromatic nitrogens is 1. The third-order valence-electron chi connectivity index (χ3n) is 5.20. The van der Waals surface area contributed by atoms with Crippen LogP contribution in [0.15, 0.2) is 42.6 Å². The monoisotopic (exact) mass is 415 g/mol. The van der Waals surface area contributed by atoms with Gasteiger partial charge in [-0.15, -0.1) is 0 Å². The van der Waals surface area contributed by atoms with Crippen LogP contribution in [0.4, 0.5) is 4.39 Å². The summed E-state index contributed by atoms with van der Waals surface area (Å²) in [6.07, 6.45) is 11.8. The Bertz CT molecular complexity index is 672. The van der Waals surface area contributed by atoms with Gasteiger partial charge in [-0.25, -0.2) is 4.39 Å². The molecule has 0 spiro atoms. The molecule has 1 aromatic carbocycles. The van der Waals surface area contributed by atoms with Gasteiger partial charge in [0, 0.05) is 5.56 Å². The van der Waals surface area contributed by atoms with Crippen LogP contribution in [-0.4, -0.2) is 24.4 Å². The number of pyridine rings is 1. The molecule has 0 bridgehead atoms. The highest BCUT2D eigenvalue weighted by molar-refractivity contribution is 5.60. The normalized spacial score (nSPS) is 12.0. The molecule has 0 amide bonds. The number of unbranched alkanes of at least 4 members (excludes halogenated alkanes) is 7. The van der Waals surface area contributed by atoms with Crippen molar-refractivity contribution in [3.63, 3.8) is 0 Å². The van der Waals surface area contributed by atoms with Crippen molar-refractivity contribution in [2.45, 2.75) is 84.2 Å². The molecule has 3 nitrogen and oxygen atoms in total. The molecule has 0 saturated heterocycles. The average molecular weight is 416 g/mol. The van der Waals surface area contributed by atoms with Crippen LogP contribution in [0, 0.1) is 0 Å². The molecule has 30 heavy (non-hydrogen) atoms. The molecule has 0 saturated carbocycles. The molecule has 0 aliphatic heterocycles. The van der Waals surface area contributed by atoms with E-state index >= 15 is 0 Å². The molecule has 2 rings (SSSR count). The van der Waals surface area contributed by atoms with Crippen LogP contribution in [0.25, 0.3) is 11.3 Å². The highest BCUT2D eigenvalue weighted by Gasteiger charge is 2.08. The second-order valence-electron chi connectivity index (χ2n) is 7.92. The third kappa shape index (κ3) is 9.60. The molecule has 1 heterocycles. The van der Waals surface area contributed by atoms with Crippen LogP contribution in [0.3, 0.4) is 0 Å². The molecule has 1 atom stereocenters. The van der Waals surface area contributed by atoms with E-state index in [-0.39, 0.29) is 6.61 Å². The van der Waals surface area contributed by atoms with Gasteiger partial charge in [-0.2, -0.15) is 0 Å². The molecular weight excluding hydrogens is 377 g/mol. The van der Waals surface area contributed by atoms with Gasteiger partial charge in [-0.3, -0.25) is 4.98 Å². The molecule has 2 aromatic rings. The molecule has 0 radical (unpaired) electrons. The van der Waals surface area contributed by atoms with Crippen molar-refractivity contribution in [1.29, 1.82) is 0 Å². The molecule has 0 aliphatic rings. The lowest BCUT2D eigenvalue weighted by Crippen LogP contribution is -2.12. The van der Waals surface area contributed by atoms with Crippen molar-refractivity contribution < 1.29 is 13.9 Å². The summed E-state index contributed by atoms with van der Waals surface area (Å²) in [5, 5.41) is 0. The van der Waals surface area contributed by atoms with E-state index in [9.17, 15) is 4.39 Å². The van der Waals surface area contributed by atoms with Crippen molar-refractivity contribution in [2.75, 3.05) is 13.2 Å². The van der Waals surface area contributed by atoms with E-state index in [1.165, 1.54) is 38.5 Å². The van der Waals surface area contributed by atoms with Gasteiger partial charge < -0.3 is 9.47 Å². The van der Waals surface area contributed by atoms with E-state index in [1.54, 1.807) is 6.20 Å². The Labute approximate surface area is 182 Å². The Kier molecular flexibility index (Phi) is 11.9. The zero-order chi connectivity index (χ0) is 21.4. The number of nitrogens with zero attached hydrogens (tertiary/aromatic N) is 1. The first-order valence-corrected chi connectivity index (χ1v) is 11.7. The second kappa shape index (κ2) is 14.8. The van der Waals surface area contributed by atoms with Gasteiger partial charge in [-0.05, 0) is 49.2 Å².